The lowest BCUT2D eigenvalue weighted by molar-refractivity contribution is 0.00820. The summed E-state index contributed by atoms with van der Waals surface area (Å²) < 4.78 is 6.23. The van der Waals surface area contributed by atoms with E-state index >= 15 is 0 Å². The van der Waals surface area contributed by atoms with Crippen LogP contribution in [-0.2, 0) is 4.74 Å². The smallest absolute Gasteiger partial charge is 0.410 e. The molecule has 1 aromatic carbocycles. The second kappa shape index (κ2) is 5.04. The van der Waals surface area contributed by atoms with E-state index < -0.39 is 5.60 Å². The van der Waals surface area contributed by atoms with Gasteiger partial charge in [-0.05, 0) is 54.4 Å². The third-order valence-corrected chi connectivity index (χ3v) is 3.75. The largest absolute Gasteiger partial charge is 0.444 e. The Balaban J connectivity index is 1.92. The van der Waals surface area contributed by atoms with Crippen molar-refractivity contribution in [3.8, 4) is 0 Å². The van der Waals surface area contributed by atoms with E-state index in [4.69, 9.17) is 10.5 Å². The fourth-order valence-electron chi connectivity index (χ4n) is 1.98. The average molecular weight is 327 g/mol. The van der Waals surface area contributed by atoms with Crippen LogP contribution in [-0.4, -0.2) is 29.7 Å². The molecule has 1 heterocycles. The maximum absolute atomic E-state index is 11.8. The maximum atomic E-state index is 11.8. The molecule has 2 rings (SSSR count). The molecule has 1 amide bonds. The molecule has 2 N–H and O–H groups in total. The van der Waals surface area contributed by atoms with E-state index in [0.717, 1.165) is 10.2 Å². The van der Waals surface area contributed by atoms with Crippen LogP contribution in [0.3, 0.4) is 0 Å². The predicted molar refractivity (Wildman–Crippen MR) is 79.1 cm³/mol. The molecule has 5 heteroatoms. The number of hydrogen-bond donors (Lipinski definition) is 1. The molecular formula is C14H19BrN2O2. The number of benzene rings is 1. The van der Waals surface area contributed by atoms with E-state index in [0.29, 0.717) is 19.0 Å². The van der Waals surface area contributed by atoms with Gasteiger partial charge < -0.3 is 15.4 Å². The van der Waals surface area contributed by atoms with E-state index in [1.807, 2.05) is 39.0 Å². The maximum Gasteiger partial charge on any atom is 0.410 e. The SMILES string of the molecule is CC(C)(C)OC(=O)N1CC(c2ccc(Br)c(N)c2)C1. The summed E-state index contributed by atoms with van der Waals surface area (Å²) in [5, 5.41) is 0. The van der Waals surface area contributed by atoms with Crippen LogP contribution < -0.4 is 5.73 Å². The Bertz CT molecular complexity index is 491. The van der Waals surface area contributed by atoms with Gasteiger partial charge >= 0.3 is 6.09 Å². The quantitative estimate of drug-likeness (QED) is 0.805. The number of halogens is 1. The standard InChI is InChI=1S/C14H19BrN2O2/c1-14(2,3)19-13(18)17-7-10(8-17)9-4-5-11(15)12(16)6-9/h4-6,10H,7-8,16H2,1-3H3. The Morgan fingerprint density at radius 3 is 2.58 bits per heavy atom. The highest BCUT2D eigenvalue weighted by atomic mass is 79.9. The first-order valence-corrected chi connectivity index (χ1v) is 7.08. The molecule has 0 aromatic heterocycles. The van der Waals surface area contributed by atoms with E-state index in [1.165, 1.54) is 5.56 Å². The lowest BCUT2D eigenvalue weighted by Gasteiger charge is -2.40. The number of amides is 1. The van der Waals surface area contributed by atoms with Gasteiger partial charge in [-0.2, -0.15) is 0 Å². The van der Waals surface area contributed by atoms with Gasteiger partial charge in [0.2, 0.25) is 0 Å². The van der Waals surface area contributed by atoms with Crippen LogP contribution >= 0.6 is 15.9 Å². The van der Waals surface area contributed by atoms with Crippen LogP contribution in [0.4, 0.5) is 10.5 Å². The van der Waals surface area contributed by atoms with Crippen LogP contribution in [0.2, 0.25) is 0 Å². The number of rotatable bonds is 1. The minimum Gasteiger partial charge on any atom is -0.444 e. The number of likely N-dealkylation sites (tertiary alicyclic amines) is 1. The minimum atomic E-state index is -0.440. The van der Waals surface area contributed by atoms with Crippen molar-refractivity contribution >= 4 is 27.7 Å². The van der Waals surface area contributed by atoms with Crippen molar-refractivity contribution in [3.63, 3.8) is 0 Å². The monoisotopic (exact) mass is 326 g/mol. The molecule has 1 fully saturated rings. The molecule has 104 valence electrons. The zero-order valence-corrected chi connectivity index (χ0v) is 13.0. The van der Waals surface area contributed by atoms with Crippen molar-refractivity contribution in [3.05, 3.63) is 28.2 Å². The number of nitrogens with zero attached hydrogens (tertiary/aromatic N) is 1. The molecule has 1 aliphatic rings. The zero-order valence-electron chi connectivity index (χ0n) is 11.4. The molecule has 1 aliphatic heterocycles. The molecule has 0 atom stereocenters. The van der Waals surface area contributed by atoms with Crippen molar-refractivity contribution in [1.82, 2.24) is 4.90 Å². The normalized spacial score (nSPS) is 16.1. The molecule has 0 unspecified atom stereocenters. The Morgan fingerprint density at radius 2 is 2.05 bits per heavy atom. The Labute approximate surface area is 122 Å². The highest BCUT2D eigenvalue weighted by molar-refractivity contribution is 9.10. The number of nitrogen functional groups attached to an aromatic ring is 1. The van der Waals surface area contributed by atoms with E-state index in [1.54, 1.807) is 4.90 Å². The van der Waals surface area contributed by atoms with Gasteiger partial charge in [0.25, 0.3) is 0 Å². The Morgan fingerprint density at radius 1 is 1.42 bits per heavy atom. The second-order valence-electron chi connectivity index (χ2n) is 5.86. The van der Waals surface area contributed by atoms with Crippen molar-refractivity contribution in [1.29, 1.82) is 0 Å². The van der Waals surface area contributed by atoms with Gasteiger partial charge in [0.05, 0.1) is 0 Å². The number of anilines is 1. The van der Waals surface area contributed by atoms with Gasteiger partial charge in [-0.1, -0.05) is 6.07 Å². The molecule has 0 aliphatic carbocycles. The molecule has 1 aromatic rings. The van der Waals surface area contributed by atoms with Crippen molar-refractivity contribution in [2.75, 3.05) is 18.8 Å². The van der Waals surface area contributed by atoms with Crippen molar-refractivity contribution < 1.29 is 9.53 Å². The molecule has 4 nitrogen and oxygen atoms in total. The predicted octanol–water partition coefficient (Wildman–Crippen LogP) is 3.37. The van der Waals surface area contributed by atoms with Crippen LogP contribution in [0.15, 0.2) is 22.7 Å². The summed E-state index contributed by atoms with van der Waals surface area (Å²) in [6.45, 7) is 7.00. The second-order valence-corrected chi connectivity index (χ2v) is 6.72. The molecule has 0 radical (unpaired) electrons. The summed E-state index contributed by atoms with van der Waals surface area (Å²) in [6.07, 6.45) is -0.242. The van der Waals surface area contributed by atoms with Crippen LogP contribution in [0.1, 0.15) is 32.3 Å². The Hall–Kier alpha value is -1.23. The third-order valence-electron chi connectivity index (χ3n) is 3.02. The molecule has 19 heavy (non-hydrogen) atoms. The van der Waals surface area contributed by atoms with Crippen LogP contribution in [0, 0.1) is 0 Å². The van der Waals surface area contributed by atoms with Crippen LogP contribution in [0.25, 0.3) is 0 Å². The zero-order chi connectivity index (χ0) is 14.2. The van der Waals surface area contributed by atoms with Gasteiger partial charge in [0.15, 0.2) is 0 Å². The van der Waals surface area contributed by atoms with Crippen LogP contribution in [0.5, 0.6) is 0 Å². The van der Waals surface area contributed by atoms with Crippen molar-refractivity contribution in [2.24, 2.45) is 0 Å². The number of carbonyl (C=O) groups excluding carboxylic acids is 1. The van der Waals surface area contributed by atoms with Gasteiger partial charge in [-0.15, -0.1) is 0 Å². The molecular weight excluding hydrogens is 308 g/mol. The summed E-state index contributed by atoms with van der Waals surface area (Å²) in [6, 6.07) is 5.94. The first kappa shape index (κ1) is 14.2. The van der Waals surface area contributed by atoms with Crippen molar-refractivity contribution in [2.45, 2.75) is 32.3 Å². The summed E-state index contributed by atoms with van der Waals surface area (Å²) in [4.78, 5) is 13.5. The van der Waals surface area contributed by atoms with Gasteiger partial charge in [-0.25, -0.2) is 4.79 Å². The summed E-state index contributed by atoms with van der Waals surface area (Å²) in [5.41, 5.74) is 7.32. The highest BCUT2D eigenvalue weighted by Gasteiger charge is 2.34. The number of hydrogen-bond acceptors (Lipinski definition) is 3. The van der Waals surface area contributed by atoms with Gasteiger partial charge in [0, 0.05) is 29.2 Å². The third kappa shape index (κ3) is 3.41. The summed E-state index contributed by atoms with van der Waals surface area (Å²) >= 11 is 3.38. The molecule has 0 saturated carbocycles. The first-order chi connectivity index (χ1) is 8.76. The highest BCUT2D eigenvalue weighted by Crippen LogP contribution is 2.31. The molecule has 0 spiro atoms. The lowest BCUT2D eigenvalue weighted by atomic mass is 9.91. The number of carbonyl (C=O) groups is 1. The summed E-state index contributed by atoms with van der Waals surface area (Å²) in [5.74, 6) is 0.350. The molecule has 1 saturated heterocycles. The van der Waals surface area contributed by atoms with E-state index in [2.05, 4.69) is 15.9 Å². The first-order valence-electron chi connectivity index (χ1n) is 6.29. The summed E-state index contributed by atoms with van der Waals surface area (Å²) in [7, 11) is 0. The molecule has 0 bridgehead atoms. The van der Waals surface area contributed by atoms with Gasteiger partial charge in [-0.3, -0.25) is 0 Å². The topological polar surface area (TPSA) is 55.6 Å². The van der Waals surface area contributed by atoms with E-state index in [-0.39, 0.29) is 6.09 Å². The average Bonchev–Trinajstić information content (AvgIpc) is 2.18. The number of ether oxygens (including phenoxy) is 1. The Kier molecular flexibility index (Phi) is 3.76. The fraction of sp³-hybridized carbons (Fsp3) is 0.500. The van der Waals surface area contributed by atoms with E-state index in [9.17, 15) is 4.79 Å². The van der Waals surface area contributed by atoms with Gasteiger partial charge in [0.1, 0.15) is 5.60 Å². The number of nitrogens with two attached hydrogens (primary N) is 1. The fourth-order valence-corrected chi connectivity index (χ4v) is 2.23. The lowest BCUT2D eigenvalue weighted by Crippen LogP contribution is -2.50. The minimum absolute atomic E-state index is 0.242.